The fraction of sp³-hybridized carbons (Fsp3) is 0.389. The van der Waals surface area contributed by atoms with Crippen LogP contribution in [0.3, 0.4) is 0 Å². The zero-order chi connectivity index (χ0) is 20.1. The van der Waals surface area contributed by atoms with Gasteiger partial charge in [0.2, 0.25) is 10.0 Å². The van der Waals surface area contributed by atoms with Crippen molar-refractivity contribution in [2.24, 2.45) is 0 Å². The second kappa shape index (κ2) is 6.89. The van der Waals surface area contributed by atoms with Crippen LogP contribution in [0.4, 0.5) is 0 Å². The normalized spacial score (nSPS) is 18.1. The van der Waals surface area contributed by atoms with E-state index in [4.69, 9.17) is 9.84 Å². The molecule has 0 aliphatic carbocycles. The first-order valence-electron chi connectivity index (χ1n) is 8.85. The van der Waals surface area contributed by atoms with Gasteiger partial charge in [0, 0.05) is 18.5 Å². The molecular weight excluding hydrogens is 386 g/mol. The van der Waals surface area contributed by atoms with Crippen LogP contribution in [0.15, 0.2) is 23.1 Å². The molecule has 0 radical (unpaired) electrons. The molecule has 28 heavy (non-hydrogen) atoms. The summed E-state index contributed by atoms with van der Waals surface area (Å²) < 4.78 is 32.5. The van der Waals surface area contributed by atoms with Gasteiger partial charge in [-0.15, -0.1) is 0 Å². The molecule has 1 N–H and O–H groups in total. The summed E-state index contributed by atoms with van der Waals surface area (Å²) >= 11 is 0. The number of aliphatic hydroxyl groups is 1. The van der Waals surface area contributed by atoms with E-state index in [-0.39, 0.29) is 42.3 Å². The van der Waals surface area contributed by atoms with E-state index in [1.807, 2.05) is 0 Å². The fourth-order valence-corrected chi connectivity index (χ4v) is 5.05. The second-order valence-corrected chi connectivity index (χ2v) is 8.57. The number of rotatable bonds is 4. The summed E-state index contributed by atoms with van der Waals surface area (Å²) in [4.78, 5) is 30.8. The Balaban J connectivity index is 1.88. The van der Waals surface area contributed by atoms with Gasteiger partial charge in [0.25, 0.3) is 11.8 Å². The van der Waals surface area contributed by atoms with Crippen LogP contribution in [0.1, 0.15) is 26.4 Å². The van der Waals surface area contributed by atoms with Crippen molar-refractivity contribution in [1.82, 2.24) is 14.2 Å². The van der Waals surface area contributed by atoms with Gasteiger partial charge in [-0.25, -0.2) is 8.42 Å². The number of β-amino-alcohol motifs (C(OH)–C–C–N with tert-alkyl or cyclic N) is 1. The number of aromatic nitrogens is 1. The molecule has 1 aromatic carbocycles. The Bertz CT molecular complexity index is 1090. The summed E-state index contributed by atoms with van der Waals surface area (Å²) in [7, 11) is -3.76. The number of aliphatic hydroxyl groups excluding tert-OH is 1. The van der Waals surface area contributed by atoms with E-state index in [0.717, 1.165) is 4.90 Å². The van der Waals surface area contributed by atoms with E-state index in [1.165, 1.54) is 16.4 Å². The number of imide groups is 1. The predicted molar refractivity (Wildman–Crippen MR) is 98.5 cm³/mol. The highest BCUT2D eigenvalue weighted by Crippen LogP contribution is 2.33. The third-order valence-electron chi connectivity index (χ3n) is 4.99. The van der Waals surface area contributed by atoms with E-state index in [0.29, 0.717) is 29.8 Å². The maximum atomic E-state index is 13.0. The number of morpholine rings is 1. The standard InChI is InChI=1S/C18H19N3O6S/c1-11-15-16(18(24)21(4-7-22)17(15)23)13-10-12(2-3-14(13)19-11)28(25,26)20-5-8-27-9-6-20/h2-3,10,22H,4-9H2,1H3. The minimum atomic E-state index is -3.76. The molecule has 4 rings (SSSR count). The van der Waals surface area contributed by atoms with Crippen LogP contribution in [0, 0.1) is 6.92 Å². The van der Waals surface area contributed by atoms with Crippen molar-refractivity contribution in [2.45, 2.75) is 11.8 Å². The third kappa shape index (κ3) is 2.80. The van der Waals surface area contributed by atoms with Crippen LogP contribution < -0.4 is 0 Å². The zero-order valence-electron chi connectivity index (χ0n) is 15.2. The number of sulfonamides is 1. The molecule has 0 unspecified atom stereocenters. The van der Waals surface area contributed by atoms with Gasteiger partial charge in [0.05, 0.1) is 53.6 Å². The Morgan fingerprint density at radius 1 is 1.14 bits per heavy atom. The smallest absolute Gasteiger partial charge is 0.263 e. The lowest BCUT2D eigenvalue weighted by atomic mass is 10.0. The minimum absolute atomic E-state index is 0.0376. The number of carbonyl (C=O) groups is 2. The van der Waals surface area contributed by atoms with Gasteiger partial charge >= 0.3 is 0 Å². The number of hydrogen-bond acceptors (Lipinski definition) is 7. The van der Waals surface area contributed by atoms with Crippen LogP contribution in [-0.4, -0.2) is 79.0 Å². The average molecular weight is 405 g/mol. The molecule has 1 saturated heterocycles. The van der Waals surface area contributed by atoms with Crippen molar-refractivity contribution >= 4 is 32.7 Å². The Kier molecular flexibility index (Phi) is 4.66. The van der Waals surface area contributed by atoms with Crippen LogP contribution >= 0.6 is 0 Å². The Labute approximate surface area is 161 Å². The monoisotopic (exact) mass is 405 g/mol. The van der Waals surface area contributed by atoms with Gasteiger partial charge in [0.15, 0.2) is 0 Å². The number of carbonyl (C=O) groups excluding carboxylic acids is 2. The number of nitrogens with zero attached hydrogens (tertiary/aromatic N) is 3. The quantitative estimate of drug-likeness (QED) is 0.720. The molecule has 0 atom stereocenters. The molecule has 0 bridgehead atoms. The molecule has 2 aliphatic heterocycles. The summed E-state index contributed by atoms with van der Waals surface area (Å²) in [6, 6.07) is 4.40. The Morgan fingerprint density at radius 3 is 2.50 bits per heavy atom. The molecule has 0 spiro atoms. The summed E-state index contributed by atoms with van der Waals surface area (Å²) in [5.74, 6) is -1.08. The van der Waals surface area contributed by atoms with Gasteiger partial charge in [-0.1, -0.05) is 0 Å². The number of pyridine rings is 1. The van der Waals surface area contributed by atoms with Crippen molar-refractivity contribution in [3.8, 4) is 0 Å². The van der Waals surface area contributed by atoms with E-state index in [9.17, 15) is 18.0 Å². The SMILES string of the molecule is Cc1nc2ccc(S(=O)(=O)N3CCOCC3)cc2c2c1C(=O)N(CCO)C2=O. The lowest BCUT2D eigenvalue weighted by molar-refractivity contribution is 0.0624. The van der Waals surface area contributed by atoms with Crippen molar-refractivity contribution in [2.75, 3.05) is 39.5 Å². The first kappa shape index (κ1) is 18.9. The summed E-state index contributed by atoms with van der Waals surface area (Å²) in [5.41, 5.74) is 1.13. The Hall–Kier alpha value is -2.40. The molecule has 9 nitrogen and oxygen atoms in total. The zero-order valence-corrected chi connectivity index (χ0v) is 16.0. The van der Waals surface area contributed by atoms with Gasteiger partial charge in [0.1, 0.15) is 0 Å². The molecule has 1 aromatic heterocycles. The predicted octanol–water partition coefficient (Wildman–Crippen LogP) is 0.152. The summed E-state index contributed by atoms with van der Waals surface area (Å²) in [5, 5.41) is 9.48. The van der Waals surface area contributed by atoms with Crippen LogP contribution in [0.5, 0.6) is 0 Å². The fourth-order valence-electron chi connectivity index (χ4n) is 3.61. The molecule has 0 saturated carbocycles. The van der Waals surface area contributed by atoms with E-state index in [2.05, 4.69) is 4.98 Å². The highest BCUT2D eigenvalue weighted by molar-refractivity contribution is 7.89. The minimum Gasteiger partial charge on any atom is -0.395 e. The number of aryl methyl sites for hydroxylation is 1. The molecule has 1 fully saturated rings. The lowest BCUT2D eigenvalue weighted by Gasteiger charge is -2.26. The first-order valence-corrected chi connectivity index (χ1v) is 10.3. The molecule has 10 heteroatoms. The topological polar surface area (TPSA) is 117 Å². The first-order chi connectivity index (χ1) is 13.4. The van der Waals surface area contributed by atoms with Crippen LogP contribution in [0.2, 0.25) is 0 Å². The van der Waals surface area contributed by atoms with Gasteiger partial charge in [-0.3, -0.25) is 19.5 Å². The van der Waals surface area contributed by atoms with E-state index < -0.39 is 21.8 Å². The van der Waals surface area contributed by atoms with Gasteiger partial charge < -0.3 is 9.84 Å². The van der Waals surface area contributed by atoms with Gasteiger partial charge in [-0.2, -0.15) is 4.31 Å². The van der Waals surface area contributed by atoms with Crippen molar-refractivity contribution in [1.29, 1.82) is 0 Å². The number of benzene rings is 1. The molecule has 3 heterocycles. The van der Waals surface area contributed by atoms with E-state index in [1.54, 1.807) is 13.0 Å². The second-order valence-electron chi connectivity index (χ2n) is 6.63. The number of amides is 2. The molecular formula is C18H19N3O6S. The van der Waals surface area contributed by atoms with Crippen LogP contribution in [-0.2, 0) is 14.8 Å². The largest absolute Gasteiger partial charge is 0.395 e. The van der Waals surface area contributed by atoms with Crippen molar-refractivity contribution in [3.63, 3.8) is 0 Å². The third-order valence-corrected chi connectivity index (χ3v) is 6.88. The van der Waals surface area contributed by atoms with Crippen molar-refractivity contribution in [3.05, 3.63) is 35.0 Å². The number of hydrogen-bond donors (Lipinski definition) is 1. The number of ether oxygens (including phenoxy) is 1. The molecule has 2 aromatic rings. The highest BCUT2D eigenvalue weighted by atomic mass is 32.2. The summed E-state index contributed by atoms with van der Waals surface area (Å²) in [6.45, 7) is 2.31. The van der Waals surface area contributed by atoms with Crippen LogP contribution in [0.25, 0.3) is 10.9 Å². The molecule has 2 amide bonds. The molecule has 2 aliphatic rings. The van der Waals surface area contributed by atoms with Gasteiger partial charge in [-0.05, 0) is 25.1 Å². The summed E-state index contributed by atoms with van der Waals surface area (Å²) in [6.07, 6.45) is 0. The van der Waals surface area contributed by atoms with Crippen molar-refractivity contribution < 1.29 is 27.9 Å². The number of fused-ring (bicyclic) bond motifs is 3. The maximum absolute atomic E-state index is 13.0. The Morgan fingerprint density at radius 2 is 1.82 bits per heavy atom. The van der Waals surface area contributed by atoms with E-state index >= 15 is 0 Å². The lowest BCUT2D eigenvalue weighted by Crippen LogP contribution is -2.40. The highest BCUT2D eigenvalue weighted by Gasteiger charge is 2.39. The molecule has 148 valence electrons. The maximum Gasteiger partial charge on any atom is 0.263 e. The average Bonchev–Trinajstić information content (AvgIpc) is 2.94.